The minimum Gasteiger partial charge on any atom is -0.476 e. The van der Waals surface area contributed by atoms with E-state index in [0.717, 1.165) is 17.2 Å². The number of halogens is 1. The second-order valence-electron chi connectivity index (χ2n) is 7.92. The molecule has 3 heterocycles. The van der Waals surface area contributed by atoms with Crippen molar-refractivity contribution in [1.82, 2.24) is 9.97 Å². The maximum Gasteiger partial charge on any atom is 0.415 e. The highest BCUT2D eigenvalue weighted by atomic mass is 19.1. The van der Waals surface area contributed by atoms with E-state index in [9.17, 15) is 19.1 Å². The second kappa shape index (κ2) is 9.23. The largest absolute Gasteiger partial charge is 0.476 e. The lowest BCUT2D eigenvalue weighted by molar-refractivity contribution is 0.0690. The van der Waals surface area contributed by atoms with Crippen molar-refractivity contribution in [2.75, 3.05) is 16.8 Å². The molecule has 0 aliphatic carbocycles. The third-order valence-corrected chi connectivity index (χ3v) is 5.38. The Morgan fingerprint density at radius 3 is 2.73 bits per heavy atom. The van der Waals surface area contributed by atoms with Crippen LogP contribution < -0.4 is 10.2 Å². The average molecular weight is 450 g/mol. The fourth-order valence-electron chi connectivity index (χ4n) is 3.82. The molecule has 1 aromatic carbocycles. The molecular weight excluding hydrogens is 427 g/mol. The van der Waals surface area contributed by atoms with Crippen molar-refractivity contribution in [3.63, 3.8) is 0 Å². The van der Waals surface area contributed by atoms with E-state index in [1.165, 1.54) is 6.07 Å². The molecule has 1 amide bonds. The quantitative estimate of drug-likeness (QED) is 0.515. The summed E-state index contributed by atoms with van der Waals surface area (Å²) in [6, 6.07) is 15.2. The van der Waals surface area contributed by atoms with Crippen molar-refractivity contribution >= 4 is 23.6 Å². The maximum atomic E-state index is 13.4. The molecule has 1 aliphatic heterocycles. The number of aryl methyl sites for hydroxylation is 1. The van der Waals surface area contributed by atoms with E-state index < -0.39 is 29.7 Å². The van der Waals surface area contributed by atoms with Crippen LogP contribution in [0.5, 0.6) is 0 Å². The number of hydrogen-bond donors (Lipinski definition) is 2. The molecule has 8 nitrogen and oxygen atoms in total. The van der Waals surface area contributed by atoms with Gasteiger partial charge in [0.25, 0.3) is 0 Å². The number of pyridine rings is 2. The van der Waals surface area contributed by atoms with Crippen molar-refractivity contribution in [3.05, 3.63) is 83.1 Å². The van der Waals surface area contributed by atoms with E-state index in [4.69, 9.17) is 4.74 Å². The van der Waals surface area contributed by atoms with Crippen LogP contribution in [-0.2, 0) is 11.2 Å². The Bertz CT molecular complexity index is 1190. The van der Waals surface area contributed by atoms with E-state index in [1.54, 1.807) is 11.8 Å². The van der Waals surface area contributed by atoms with E-state index in [2.05, 4.69) is 15.3 Å². The third-order valence-electron chi connectivity index (χ3n) is 5.38. The van der Waals surface area contributed by atoms with Crippen LogP contribution in [0.15, 0.2) is 54.6 Å². The number of carbonyl (C=O) groups is 2. The van der Waals surface area contributed by atoms with Gasteiger partial charge in [-0.15, -0.1) is 0 Å². The molecule has 0 radical (unpaired) electrons. The number of cyclic esters (lactones) is 1. The summed E-state index contributed by atoms with van der Waals surface area (Å²) in [6.45, 7) is 3.94. The number of carbonyl (C=O) groups excluding carboxylic acids is 1. The Labute approximate surface area is 190 Å². The van der Waals surface area contributed by atoms with Crippen LogP contribution in [0.4, 0.5) is 20.7 Å². The normalized spacial score (nSPS) is 16.4. The Morgan fingerprint density at radius 2 is 2.00 bits per heavy atom. The number of rotatable bonds is 7. The van der Waals surface area contributed by atoms with Crippen LogP contribution in [0.3, 0.4) is 0 Å². The van der Waals surface area contributed by atoms with Crippen molar-refractivity contribution in [2.24, 2.45) is 0 Å². The van der Waals surface area contributed by atoms with Gasteiger partial charge in [-0.25, -0.2) is 19.6 Å². The minimum absolute atomic E-state index is 0.170. The summed E-state index contributed by atoms with van der Waals surface area (Å²) in [6.07, 6.45) is 0.158. The van der Waals surface area contributed by atoms with Crippen molar-refractivity contribution in [3.8, 4) is 0 Å². The van der Waals surface area contributed by atoms with Gasteiger partial charge < -0.3 is 15.2 Å². The Hall–Kier alpha value is -4.01. The van der Waals surface area contributed by atoms with Gasteiger partial charge in [0.05, 0.1) is 23.5 Å². The third kappa shape index (κ3) is 4.92. The molecular formula is C24H23FN4O4. The molecule has 3 aromatic rings. The monoisotopic (exact) mass is 450 g/mol. The first-order valence-corrected chi connectivity index (χ1v) is 10.5. The number of nitrogens with zero attached hydrogens (tertiary/aromatic N) is 3. The zero-order chi connectivity index (χ0) is 23.5. The van der Waals surface area contributed by atoms with Crippen LogP contribution in [0.2, 0.25) is 0 Å². The summed E-state index contributed by atoms with van der Waals surface area (Å²) in [5.41, 5.74) is 2.30. The van der Waals surface area contributed by atoms with Gasteiger partial charge in [0.15, 0.2) is 5.69 Å². The molecule has 2 N–H and O–H groups in total. The lowest BCUT2D eigenvalue weighted by Gasteiger charge is -2.23. The number of hydrogen-bond acceptors (Lipinski definition) is 6. The highest BCUT2D eigenvalue weighted by Gasteiger charge is 2.35. The summed E-state index contributed by atoms with van der Waals surface area (Å²) >= 11 is 0. The lowest BCUT2D eigenvalue weighted by atomic mass is 10.1. The number of amides is 1. The predicted molar refractivity (Wildman–Crippen MR) is 120 cm³/mol. The fraction of sp³-hybridized carbons (Fsp3) is 0.250. The molecule has 0 spiro atoms. The van der Waals surface area contributed by atoms with Gasteiger partial charge in [-0.1, -0.05) is 30.3 Å². The summed E-state index contributed by atoms with van der Waals surface area (Å²) in [4.78, 5) is 33.7. The van der Waals surface area contributed by atoms with Crippen LogP contribution in [0.1, 0.15) is 40.3 Å². The molecule has 170 valence electrons. The number of anilines is 2. The number of ether oxygens (including phenoxy) is 1. The van der Waals surface area contributed by atoms with Crippen molar-refractivity contribution in [2.45, 2.75) is 32.4 Å². The van der Waals surface area contributed by atoms with Crippen LogP contribution in [0, 0.1) is 12.9 Å². The summed E-state index contributed by atoms with van der Waals surface area (Å²) in [7, 11) is 0. The standard InChI is InChI=1S/C24H23FN4O4/c1-14-10-19(15(2)26-18-8-9-20(25)28-22(18)23(30)31)27-21(11-14)29-17(13-33-24(29)32)12-16-6-4-3-5-7-16/h3-11,15,17,26H,12-13H2,1-2H3,(H,30,31)/t15?,17-/m0/s1. The first-order valence-electron chi connectivity index (χ1n) is 10.5. The molecule has 4 rings (SSSR count). The summed E-state index contributed by atoms with van der Waals surface area (Å²) in [5.74, 6) is -1.76. The average Bonchev–Trinajstić information content (AvgIpc) is 3.14. The van der Waals surface area contributed by atoms with E-state index in [0.29, 0.717) is 17.9 Å². The molecule has 0 bridgehead atoms. The van der Waals surface area contributed by atoms with E-state index >= 15 is 0 Å². The van der Waals surface area contributed by atoms with Gasteiger partial charge in [0.2, 0.25) is 5.95 Å². The number of carboxylic acid groups (broad SMARTS) is 1. The van der Waals surface area contributed by atoms with Gasteiger partial charge in [0, 0.05) is 0 Å². The predicted octanol–water partition coefficient (Wildman–Crippen LogP) is 4.36. The van der Waals surface area contributed by atoms with E-state index in [1.807, 2.05) is 49.4 Å². The topological polar surface area (TPSA) is 105 Å². The molecule has 1 saturated heterocycles. The van der Waals surface area contributed by atoms with E-state index in [-0.39, 0.29) is 18.3 Å². The molecule has 1 unspecified atom stereocenters. The second-order valence-corrected chi connectivity index (χ2v) is 7.92. The molecule has 9 heteroatoms. The molecule has 2 atom stereocenters. The zero-order valence-corrected chi connectivity index (χ0v) is 18.2. The summed E-state index contributed by atoms with van der Waals surface area (Å²) in [5, 5.41) is 12.4. The number of carboxylic acids is 1. The number of nitrogens with one attached hydrogen (secondary N) is 1. The van der Waals surface area contributed by atoms with Crippen LogP contribution >= 0.6 is 0 Å². The Morgan fingerprint density at radius 1 is 1.24 bits per heavy atom. The minimum atomic E-state index is -1.34. The number of aromatic carboxylic acids is 1. The Kier molecular flexibility index (Phi) is 6.21. The smallest absolute Gasteiger partial charge is 0.415 e. The molecule has 2 aromatic heterocycles. The summed E-state index contributed by atoms with van der Waals surface area (Å²) < 4.78 is 18.7. The molecule has 1 fully saturated rings. The molecule has 0 saturated carbocycles. The van der Waals surface area contributed by atoms with Gasteiger partial charge >= 0.3 is 12.1 Å². The number of benzene rings is 1. The maximum absolute atomic E-state index is 13.4. The highest BCUT2D eigenvalue weighted by molar-refractivity contribution is 5.92. The van der Waals surface area contributed by atoms with Crippen molar-refractivity contribution < 1.29 is 23.8 Å². The molecule has 33 heavy (non-hydrogen) atoms. The van der Waals surface area contributed by atoms with Gasteiger partial charge in [-0.2, -0.15) is 4.39 Å². The first kappa shape index (κ1) is 22.2. The van der Waals surface area contributed by atoms with Gasteiger partial charge in [-0.3, -0.25) is 4.90 Å². The zero-order valence-electron chi connectivity index (χ0n) is 18.2. The van der Waals surface area contributed by atoms with Crippen LogP contribution in [0.25, 0.3) is 0 Å². The van der Waals surface area contributed by atoms with Crippen LogP contribution in [-0.4, -0.2) is 39.8 Å². The molecule has 1 aliphatic rings. The lowest BCUT2D eigenvalue weighted by Crippen LogP contribution is -2.36. The fourth-order valence-corrected chi connectivity index (χ4v) is 3.82. The van der Waals surface area contributed by atoms with Gasteiger partial charge in [-0.05, 0) is 55.7 Å². The SMILES string of the molecule is Cc1cc(C(C)Nc2ccc(F)nc2C(=O)O)nc(N2C(=O)OC[C@@H]2Cc2ccccc2)c1. The number of aromatic nitrogens is 2. The van der Waals surface area contributed by atoms with Gasteiger partial charge in [0.1, 0.15) is 12.4 Å². The first-order chi connectivity index (χ1) is 15.8. The highest BCUT2D eigenvalue weighted by Crippen LogP contribution is 2.28. The Balaban J connectivity index is 1.61. The van der Waals surface area contributed by atoms with Crippen molar-refractivity contribution in [1.29, 1.82) is 0 Å².